The second-order valence-electron chi connectivity index (χ2n) is 5.05. The summed E-state index contributed by atoms with van der Waals surface area (Å²) in [5, 5.41) is 20.3. The highest BCUT2D eigenvalue weighted by Gasteiger charge is 2.15. The summed E-state index contributed by atoms with van der Waals surface area (Å²) in [5.41, 5.74) is 4.52. The summed E-state index contributed by atoms with van der Waals surface area (Å²) in [6, 6.07) is 7.21. The lowest BCUT2D eigenvalue weighted by Crippen LogP contribution is -2.69. The van der Waals surface area contributed by atoms with Crippen LogP contribution in [0.25, 0.3) is 0 Å². The molecule has 0 aliphatic heterocycles. The van der Waals surface area contributed by atoms with Gasteiger partial charge in [-0.1, -0.05) is 0 Å². The number of aldehydes is 1. The number of carbonyl (C=O) groups is 2. The van der Waals surface area contributed by atoms with Crippen LogP contribution in [0.15, 0.2) is 30.3 Å². The van der Waals surface area contributed by atoms with Gasteiger partial charge in [0, 0.05) is 6.42 Å². The number of halogens is 2. The van der Waals surface area contributed by atoms with Crippen LogP contribution in [0.1, 0.15) is 15.9 Å². The third kappa shape index (κ3) is 4.57. The molecule has 0 radical (unpaired) electrons. The molecule has 4 N–H and O–H groups in total. The van der Waals surface area contributed by atoms with Crippen molar-refractivity contribution in [2.24, 2.45) is 0 Å². The minimum Gasteiger partial charge on any atom is -0.544 e. The zero-order valence-electron chi connectivity index (χ0n) is 12.3. The average molecular weight is 553 g/mol. The van der Waals surface area contributed by atoms with Gasteiger partial charge in [0.1, 0.15) is 17.5 Å². The highest BCUT2D eigenvalue weighted by molar-refractivity contribution is 14.1. The fraction of sp³-hybridized carbons (Fsp3) is 0.125. The molecular formula is C16H13I2NO5. The van der Waals surface area contributed by atoms with Crippen molar-refractivity contribution < 1.29 is 30.3 Å². The van der Waals surface area contributed by atoms with E-state index in [0.717, 1.165) is 12.7 Å². The molecular weight excluding hydrogens is 540 g/mol. The molecule has 0 spiro atoms. The third-order valence-electron chi connectivity index (χ3n) is 3.22. The van der Waals surface area contributed by atoms with Crippen LogP contribution in [0, 0.1) is 7.14 Å². The fourth-order valence-corrected chi connectivity index (χ4v) is 4.12. The lowest BCUT2D eigenvalue weighted by Gasteiger charge is -2.14. The standard InChI is InChI=1S/C16H13I2NO5/c17-11-3-8(5-13(19)16(22)23)4-12(18)15(11)24-10-1-2-14(21)9(6-10)7-20/h1-4,6-7,13,21H,5,19H2,(H,22,23). The van der Waals surface area contributed by atoms with Crippen molar-refractivity contribution in [1.82, 2.24) is 0 Å². The lowest BCUT2D eigenvalue weighted by molar-refractivity contribution is -0.437. The molecule has 2 aromatic carbocycles. The first-order valence-electron chi connectivity index (χ1n) is 6.79. The maximum absolute atomic E-state index is 10.9. The number of carboxylic acids is 1. The molecule has 0 heterocycles. The van der Waals surface area contributed by atoms with Gasteiger partial charge < -0.3 is 25.5 Å². The third-order valence-corrected chi connectivity index (χ3v) is 4.82. The van der Waals surface area contributed by atoms with Crippen molar-refractivity contribution in [3.05, 3.63) is 48.6 Å². The van der Waals surface area contributed by atoms with E-state index < -0.39 is 12.0 Å². The van der Waals surface area contributed by atoms with E-state index >= 15 is 0 Å². The molecule has 1 atom stereocenters. The highest BCUT2D eigenvalue weighted by Crippen LogP contribution is 2.34. The highest BCUT2D eigenvalue weighted by atomic mass is 127. The van der Waals surface area contributed by atoms with Crippen molar-refractivity contribution in [2.75, 3.05) is 0 Å². The monoisotopic (exact) mass is 553 g/mol. The number of aliphatic carboxylic acids is 1. The number of phenolic OH excluding ortho intramolecular Hbond substituents is 1. The molecule has 0 bridgehead atoms. The number of carbonyl (C=O) groups excluding carboxylic acids is 2. The van der Waals surface area contributed by atoms with Crippen LogP contribution in [-0.2, 0) is 11.2 Å². The zero-order valence-corrected chi connectivity index (χ0v) is 16.6. The number of rotatable bonds is 6. The first-order chi connectivity index (χ1) is 11.3. The zero-order chi connectivity index (χ0) is 17.9. The summed E-state index contributed by atoms with van der Waals surface area (Å²) in [6.07, 6.45) is 0.818. The second kappa shape index (κ2) is 8.12. The molecule has 0 aromatic heterocycles. The Morgan fingerprint density at radius 2 is 1.92 bits per heavy atom. The summed E-state index contributed by atoms with van der Waals surface area (Å²) < 4.78 is 7.40. The van der Waals surface area contributed by atoms with Gasteiger partial charge in [0.25, 0.3) is 0 Å². The molecule has 24 heavy (non-hydrogen) atoms. The van der Waals surface area contributed by atoms with E-state index in [9.17, 15) is 19.8 Å². The van der Waals surface area contributed by atoms with Crippen molar-refractivity contribution >= 4 is 57.4 Å². The molecule has 8 heteroatoms. The van der Waals surface area contributed by atoms with E-state index in [4.69, 9.17) is 4.74 Å². The number of hydrogen-bond acceptors (Lipinski definition) is 5. The Labute approximate surface area is 165 Å². The van der Waals surface area contributed by atoms with Crippen LogP contribution in [0.2, 0.25) is 0 Å². The van der Waals surface area contributed by atoms with Gasteiger partial charge >= 0.3 is 0 Å². The van der Waals surface area contributed by atoms with E-state index in [0.29, 0.717) is 17.8 Å². The second-order valence-corrected chi connectivity index (χ2v) is 7.37. The fourth-order valence-electron chi connectivity index (χ4n) is 2.00. The molecule has 6 nitrogen and oxygen atoms in total. The first kappa shape index (κ1) is 18.9. The number of hydrogen-bond donors (Lipinski definition) is 2. The van der Waals surface area contributed by atoms with Crippen LogP contribution >= 0.6 is 45.2 Å². The number of aromatic hydroxyl groups is 1. The normalized spacial score (nSPS) is 11.8. The number of quaternary nitrogens is 1. The van der Waals surface area contributed by atoms with E-state index in [1.54, 1.807) is 6.07 Å². The summed E-state index contributed by atoms with van der Waals surface area (Å²) >= 11 is 4.19. The van der Waals surface area contributed by atoms with Crippen molar-refractivity contribution in [2.45, 2.75) is 12.5 Å². The molecule has 0 fully saturated rings. The van der Waals surface area contributed by atoms with Crippen LogP contribution in [0.4, 0.5) is 0 Å². The van der Waals surface area contributed by atoms with Gasteiger partial charge in [-0.05, 0) is 81.1 Å². The van der Waals surface area contributed by atoms with Crippen molar-refractivity contribution in [3.63, 3.8) is 0 Å². The molecule has 126 valence electrons. The SMILES string of the molecule is [NH3+]C(Cc1cc(I)c(Oc2ccc(O)c(C=O)c2)c(I)c1)C(=O)[O-]. The van der Waals surface area contributed by atoms with Crippen LogP contribution in [-0.4, -0.2) is 23.4 Å². The van der Waals surface area contributed by atoms with Gasteiger partial charge in [-0.25, -0.2) is 0 Å². The molecule has 0 saturated carbocycles. The molecule has 0 aliphatic carbocycles. The predicted octanol–water partition coefficient (Wildman–Crippen LogP) is 1.11. The number of benzene rings is 2. The number of carboxylic acid groups (broad SMARTS) is 1. The Hall–Kier alpha value is -1.40. The maximum atomic E-state index is 10.9. The Balaban J connectivity index is 2.28. The van der Waals surface area contributed by atoms with Crippen LogP contribution in [0.3, 0.4) is 0 Å². The van der Waals surface area contributed by atoms with Crippen molar-refractivity contribution in [1.29, 1.82) is 0 Å². The van der Waals surface area contributed by atoms with E-state index in [1.807, 2.05) is 12.1 Å². The Kier molecular flexibility index (Phi) is 6.40. The van der Waals surface area contributed by atoms with Crippen LogP contribution < -0.4 is 15.6 Å². The smallest absolute Gasteiger partial charge is 0.154 e. The minimum atomic E-state index is -1.19. The summed E-state index contributed by atoms with van der Waals surface area (Å²) in [5.74, 6) is -0.286. The van der Waals surface area contributed by atoms with Gasteiger partial charge in [0.05, 0.1) is 18.7 Å². The van der Waals surface area contributed by atoms with E-state index in [-0.39, 0.29) is 17.7 Å². The quantitative estimate of drug-likeness (QED) is 0.412. The summed E-state index contributed by atoms with van der Waals surface area (Å²) in [6.45, 7) is 0. The van der Waals surface area contributed by atoms with Gasteiger partial charge in [0.15, 0.2) is 12.0 Å². The van der Waals surface area contributed by atoms with Gasteiger partial charge in [-0.3, -0.25) is 4.79 Å². The minimum absolute atomic E-state index is 0.110. The molecule has 2 aromatic rings. The molecule has 2 rings (SSSR count). The molecule has 1 unspecified atom stereocenters. The average Bonchev–Trinajstić information content (AvgIpc) is 2.52. The maximum Gasteiger partial charge on any atom is 0.154 e. The Morgan fingerprint density at radius 3 is 2.46 bits per heavy atom. The number of ether oxygens (including phenoxy) is 1. The van der Waals surface area contributed by atoms with E-state index in [1.165, 1.54) is 12.1 Å². The van der Waals surface area contributed by atoms with Crippen molar-refractivity contribution in [3.8, 4) is 17.2 Å². The summed E-state index contributed by atoms with van der Waals surface area (Å²) in [7, 11) is 0. The van der Waals surface area contributed by atoms with Crippen LogP contribution in [0.5, 0.6) is 17.2 Å². The summed E-state index contributed by atoms with van der Waals surface area (Å²) in [4.78, 5) is 21.7. The molecule has 0 aliphatic rings. The first-order valence-corrected chi connectivity index (χ1v) is 8.95. The Bertz CT molecular complexity index is 771. The molecule has 0 amide bonds. The van der Waals surface area contributed by atoms with Gasteiger partial charge in [-0.2, -0.15) is 0 Å². The Morgan fingerprint density at radius 1 is 1.29 bits per heavy atom. The largest absolute Gasteiger partial charge is 0.544 e. The van der Waals surface area contributed by atoms with Gasteiger partial charge in [0.2, 0.25) is 0 Å². The van der Waals surface area contributed by atoms with E-state index in [2.05, 4.69) is 50.9 Å². The molecule has 0 saturated heterocycles. The number of phenols is 1. The topological polar surface area (TPSA) is 114 Å². The van der Waals surface area contributed by atoms with Gasteiger partial charge in [-0.15, -0.1) is 0 Å². The lowest BCUT2D eigenvalue weighted by atomic mass is 10.1. The predicted molar refractivity (Wildman–Crippen MR) is 101 cm³/mol.